The molecule has 2 aromatic rings. The highest BCUT2D eigenvalue weighted by molar-refractivity contribution is 14.1. The third-order valence-electron chi connectivity index (χ3n) is 2.59. The van der Waals surface area contributed by atoms with Gasteiger partial charge in [-0.3, -0.25) is 0 Å². The first-order valence-electron chi connectivity index (χ1n) is 5.98. The van der Waals surface area contributed by atoms with E-state index in [1.807, 2.05) is 48.6 Å². The molecule has 98 valence electrons. The number of rotatable bonds is 5. The summed E-state index contributed by atoms with van der Waals surface area (Å²) in [5.41, 5.74) is 1.17. The molecule has 19 heavy (non-hydrogen) atoms. The standard InChI is InChI=1S/C16H15IO2/c1-18-14-10-5-11-15(16(14)17)19-12-6-9-13-7-3-2-4-8-13/h2-11H,12H2,1H3/b9-6-. The summed E-state index contributed by atoms with van der Waals surface area (Å²) in [6.07, 6.45) is 4.05. The lowest BCUT2D eigenvalue weighted by molar-refractivity contribution is 0.353. The van der Waals surface area contributed by atoms with E-state index in [-0.39, 0.29) is 0 Å². The summed E-state index contributed by atoms with van der Waals surface area (Å²) in [6.45, 7) is 0.540. The molecule has 2 aromatic carbocycles. The molecule has 0 bridgehead atoms. The fourth-order valence-electron chi connectivity index (χ4n) is 1.65. The van der Waals surface area contributed by atoms with Crippen molar-refractivity contribution < 1.29 is 9.47 Å². The van der Waals surface area contributed by atoms with Crippen LogP contribution in [0.1, 0.15) is 5.56 Å². The number of benzene rings is 2. The first-order chi connectivity index (χ1) is 9.31. The summed E-state index contributed by atoms with van der Waals surface area (Å²) in [6, 6.07) is 16.0. The van der Waals surface area contributed by atoms with Crippen LogP contribution >= 0.6 is 22.6 Å². The Bertz CT molecular complexity index is 550. The Kier molecular flexibility index (Phi) is 5.27. The quantitative estimate of drug-likeness (QED) is 0.731. The van der Waals surface area contributed by atoms with Crippen molar-refractivity contribution in [2.75, 3.05) is 13.7 Å². The predicted octanol–water partition coefficient (Wildman–Crippen LogP) is 4.39. The van der Waals surface area contributed by atoms with Gasteiger partial charge in [-0.1, -0.05) is 42.5 Å². The number of hydrogen-bond donors (Lipinski definition) is 0. The maximum Gasteiger partial charge on any atom is 0.136 e. The van der Waals surface area contributed by atoms with E-state index >= 15 is 0 Å². The molecule has 0 N–H and O–H groups in total. The van der Waals surface area contributed by atoms with Crippen molar-refractivity contribution in [1.82, 2.24) is 0 Å². The zero-order valence-electron chi connectivity index (χ0n) is 10.7. The fourth-order valence-corrected chi connectivity index (χ4v) is 2.38. The summed E-state index contributed by atoms with van der Waals surface area (Å²) in [5.74, 6) is 1.68. The SMILES string of the molecule is COc1cccc(OC/C=C\c2ccccc2)c1I. The summed E-state index contributed by atoms with van der Waals surface area (Å²) in [5, 5.41) is 0. The smallest absolute Gasteiger partial charge is 0.136 e. The third-order valence-corrected chi connectivity index (χ3v) is 3.66. The average molecular weight is 366 g/mol. The molecule has 0 unspecified atom stereocenters. The predicted molar refractivity (Wildman–Crippen MR) is 86.7 cm³/mol. The monoisotopic (exact) mass is 366 g/mol. The molecular formula is C16H15IO2. The Balaban J connectivity index is 1.95. The molecule has 0 aromatic heterocycles. The Morgan fingerprint density at radius 3 is 2.47 bits per heavy atom. The van der Waals surface area contributed by atoms with Gasteiger partial charge in [0.1, 0.15) is 18.1 Å². The van der Waals surface area contributed by atoms with Crippen LogP contribution in [0.4, 0.5) is 0 Å². The highest BCUT2D eigenvalue weighted by Gasteiger charge is 2.05. The molecule has 0 aliphatic heterocycles. The second-order valence-electron chi connectivity index (χ2n) is 3.90. The van der Waals surface area contributed by atoms with Gasteiger partial charge in [0.2, 0.25) is 0 Å². The van der Waals surface area contributed by atoms with Crippen molar-refractivity contribution in [3.63, 3.8) is 0 Å². The molecule has 0 aliphatic carbocycles. The first kappa shape index (κ1) is 13.9. The molecule has 0 saturated heterocycles. The minimum Gasteiger partial charge on any atom is -0.496 e. The van der Waals surface area contributed by atoms with Gasteiger partial charge in [-0.2, -0.15) is 0 Å². The Morgan fingerprint density at radius 1 is 1.00 bits per heavy atom. The summed E-state index contributed by atoms with van der Waals surface area (Å²) >= 11 is 2.23. The summed E-state index contributed by atoms with van der Waals surface area (Å²) in [4.78, 5) is 0. The van der Waals surface area contributed by atoms with Crippen molar-refractivity contribution in [3.05, 3.63) is 63.7 Å². The van der Waals surface area contributed by atoms with Crippen molar-refractivity contribution in [2.45, 2.75) is 0 Å². The molecule has 0 radical (unpaired) electrons. The van der Waals surface area contributed by atoms with Crippen LogP contribution in [0.15, 0.2) is 54.6 Å². The van der Waals surface area contributed by atoms with Crippen LogP contribution in [-0.4, -0.2) is 13.7 Å². The molecule has 3 heteroatoms. The maximum atomic E-state index is 5.73. The summed E-state index contributed by atoms with van der Waals surface area (Å²) < 4.78 is 12.0. The van der Waals surface area contributed by atoms with Crippen LogP contribution in [-0.2, 0) is 0 Å². The Hall–Kier alpha value is -1.49. The van der Waals surface area contributed by atoms with Crippen LogP contribution in [0.25, 0.3) is 6.08 Å². The highest BCUT2D eigenvalue weighted by Crippen LogP contribution is 2.29. The van der Waals surface area contributed by atoms with Crippen LogP contribution in [0, 0.1) is 3.57 Å². The lowest BCUT2D eigenvalue weighted by Crippen LogP contribution is -1.97. The van der Waals surface area contributed by atoms with Gasteiger partial charge < -0.3 is 9.47 Å². The van der Waals surface area contributed by atoms with Gasteiger partial charge in [-0.15, -0.1) is 0 Å². The van der Waals surface area contributed by atoms with E-state index in [1.54, 1.807) is 7.11 Å². The fraction of sp³-hybridized carbons (Fsp3) is 0.125. The van der Waals surface area contributed by atoms with E-state index in [1.165, 1.54) is 5.56 Å². The van der Waals surface area contributed by atoms with Crippen LogP contribution in [0.3, 0.4) is 0 Å². The minimum absolute atomic E-state index is 0.540. The normalized spacial score (nSPS) is 10.6. The van der Waals surface area contributed by atoms with Crippen LogP contribution in [0.2, 0.25) is 0 Å². The average Bonchev–Trinajstić information content (AvgIpc) is 2.46. The Morgan fingerprint density at radius 2 is 1.74 bits per heavy atom. The molecule has 0 fully saturated rings. The molecule has 0 amide bonds. The number of hydrogen-bond acceptors (Lipinski definition) is 2. The van der Waals surface area contributed by atoms with Gasteiger partial charge >= 0.3 is 0 Å². The highest BCUT2D eigenvalue weighted by atomic mass is 127. The molecule has 0 spiro atoms. The van der Waals surface area contributed by atoms with E-state index in [4.69, 9.17) is 9.47 Å². The Labute approximate surface area is 127 Å². The molecule has 0 aliphatic rings. The van der Waals surface area contributed by atoms with Crippen molar-refractivity contribution in [1.29, 1.82) is 0 Å². The lowest BCUT2D eigenvalue weighted by Gasteiger charge is -2.09. The van der Waals surface area contributed by atoms with Crippen molar-refractivity contribution >= 4 is 28.7 Å². The van der Waals surface area contributed by atoms with E-state index in [0.717, 1.165) is 15.1 Å². The van der Waals surface area contributed by atoms with E-state index < -0.39 is 0 Å². The second-order valence-corrected chi connectivity index (χ2v) is 4.98. The molecule has 0 atom stereocenters. The maximum absolute atomic E-state index is 5.73. The molecule has 2 nitrogen and oxygen atoms in total. The number of methoxy groups -OCH3 is 1. The lowest BCUT2D eigenvalue weighted by atomic mass is 10.2. The van der Waals surface area contributed by atoms with Gasteiger partial charge in [0, 0.05) is 0 Å². The van der Waals surface area contributed by atoms with E-state index in [9.17, 15) is 0 Å². The molecule has 0 heterocycles. The van der Waals surface area contributed by atoms with Gasteiger partial charge in [0.25, 0.3) is 0 Å². The zero-order chi connectivity index (χ0) is 13.5. The van der Waals surface area contributed by atoms with Gasteiger partial charge in [-0.05, 0) is 46.4 Å². The number of ether oxygens (including phenoxy) is 2. The van der Waals surface area contributed by atoms with E-state index in [2.05, 4.69) is 34.7 Å². The third kappa shape index (κ3) is 3.99. The minimum atomic E-state index is 0.540. The van der Waals surface area contributed by atoms with Gasteiger partial charge in [0.15, 0.2) is 0 Å². The van der Waals surface area contributed by atoms with Crippen LogP contribution in [0.5, 0.6) is 11.5 Å². The molecular weight excluding hydrogens is 351 g/mol. The summed E-state index contributed by atoms with van der Waals surface area (Å²) in [7, 11) is 1.66. The topological polar surface area (TPSA) is 18.5 Å². The second kappa shape index (κ2) is 7.19. The van der Waals surface area contributed by atoms with E-state index in [0.29, 0.717) is 6.61 Å². The van der Waals surface area contributed by atoms with Gasteiger partial charge in [-0.25, -0.2) is 0 Å². The number of halogens is 1. The first-order valence-corrected chi connectivity index (χ1v) is 7.06. The largest absolute Gasteiger partial charge is 0.496 e. The van der Waals surface area contributed by atoms with Gasteiger partial charge in [0.05, 0.1) is 10.7 Å². The molecule has 0 saturated carbocycles. The zero-order valence-corrected chi connectivity index (χ0v) is 12.8. The van der Waals surface area contributed by atoms with Crippen molar-refractivity contribution in [3.8, 4) is 11.5 Å². The van der Waals surface area contributed by atoms with Crippen LogP contribution < -0.4 is 9.47 Å². The molecule has 2 rings (SSSR count). The van der Waals surface area contributed by atoms with Crippen molar-refractivity contribution in [2.24, 2.45) is 0 Å².